The molecule has 0 aliphatic carbocycles. The standard InChI is InChI=1S/C14H16F3N3O2S/c1-8-10(20-12(21)22-13(2,3)14(15,16)17)23-11(19-8)9-5-4-6-18-7-9/h4-8,10H,1-3H3,(H,20,21). The molecule has 1 aliphatic rings. The Labute approximate surface area is 135 Å². The van der Waals surface area contributed by atoms with Crippen LogP contribution < -0.4 is 5.32 Å². The van der Waals surface area contributed by atoms with E-state index in [1.165, 1.54) is 11.8 Å². The van der Waals surface area contributed by atoms with Crippen molar-refractivity contribution in [2.45, 2.75) is 44.0 Å². The van der Waals surface area contributed by atoms with Crippen LogP contribution in [0.4, 0.5) is 18.0 Å². The molecule has 1 aliphatic heterocycles. The summed E-state index contributed by atoms with van der Waals surface area (Å²) in [5, 5.41) is 2.60. The minimum Gasteiger partial charge on any atom is -0.434 e. The van der Waals surface area contributed by atoms with E-state index in [0.29, 0.717) is 5.04 Å². The lowest BCUT2D eigenvalue weighted by molar-refractivity contribution is -0.243. The third kappa shape index (κ3) is 4.15. The molecule has 5 nitrogen and oxygen atoms in total. The van der Waals surface area contributed by atoms with E-state index in [0.717, 1.165) is 19.4 Å². The largest absolute Gasteiger partial charge is 0.434 e. The van der Waals surface area contributed by atoms with Crippen molar-refractivity contribution in [3.8, 4) is 0 Å². The molecule has 126 valence electrons. The Morgan fingerprint density at radius 3 is 2.65 bits per heavy atom. The second-order valence-corrected chi connectivity index (χ2v) is 6.63. The lowest BCUT2D eigenvalue weighted by Crippen LogP contribution is -2.48. The first-order chi connectivity index (χ1) is 10.6. The maximum Gasteiger partial charge on any atom is 0.427 e. The van der Waals surface area contributed by atoms with Crippen LogP contribution in [0.5, 0.6) is 0 Å². The molecular weight excluding hydrogens is 331 g/mol. The molecule has 1 aromatic heterocycles. The van der Waals surface area contributed by atoms with Gasteiger partial charge in [0.2, 0.25) is 5.60 Å². The zero-order chi connectivity index (χ0) is 17.3. The summed E-state index contributed by atoms with van der Waals surface area (Å²) in [6.07, 6.45) is -2.51. The Morgan fingerprint density at radius 1 is 1.39 bits per heavy atom. The summed E-state index contributed by atoms with van der Waals surface area (Å²) in [4.78, 5) is 20.1. The molecule has 9 heteroatoms. The number of hydrogen-bond donors (Lipinski definition) is 1. The predicted molar refractivity (Wildman–Crippen MR) is 81.4 cm³/mol. The summed E-state index contributed by atoms with van der Waals surface area (Å²) >= 11 is 1.25. The van der Waals surface area contributed by atoms with Crippen molar-refractivity contribution in [3.05, 3.63) is 30.1 Å². The van der Waals surface area contributed by atoms with E-state index in [4.69, 9.17) is 0 Å². The Morgan fingerprint density at radius 2 is 2.09 bits per heavy atom. The van der Waals surface area contributed by atoms with Crippen LogP contribution in [0.3, 0.4) is 0 Å². The van der Waals surface area contributed by atoms with Gasteiger partial charge in [-0.05, 0) is 32.9 Å². The maximum absolute atomic E-state index is 12.7. The van der Waals surface area contributed by atoms with Crippen LogP contribution in [0.1, 0.15) is 26.3 Å². The third-order valence-electron chi connectivity index (χ3n) is 3.20. The highest BCUT2D eigenvalue weighted by atomic mass is 32.2. The van der Waals surface area contributed by atoms with Crippen LogP contribution in [-0.4, -0.2) is 39.3 Å². The number of alkyl carbamates (subject to hydrolysis) is 1. The van der Waals surface area contributed by atoms with Gasteiger partial charge >= 0.3 is 12.3 Å². The van der Waals surface area contributed by atoms with Gasteiger partial charge in [0, 0.05) is 18.0 Å². The van der Waals surface area contributed by atoms with E-state index in [1.807, 2.05) is 6.07 Å². The molecule has 0 fully saturated rings. The van der Waals surface area contributed by atoms with E-state index in [1.54, 1.807) is 25.4 Å². The van der Waals surface area contributed by atoms with Gasteiger partial charge < -0.3 is 10.1 Å². The van der Waals surface area contributed by atoms with E-state index in [9.17, 15) is 18.0 Å². The van der Waals surface area contributed by atoms with Crippen molar-refractivity contribution < 1.29 is 22.7 Å². The number of pyridine rings is 1. The number of hydrogen-bond acceptors (Lipinski definition) is 5. The van der Waals surface area contributed by atoms with Crippen LogP contribution >= 0.6 is 11.8 Å². The van der Waals surface area contributed by atoms with Gasteiger partial charge in [-0.1, -0.05) is 11.8 Å². The van der Waals surface area contributed by atoms with Crippen LogP contribution in [-0.2, 0) is 4.74 Å². The number of carbonyl (C=O) groups excluding carboxylic acids is 1. The summed E-state index contributed by atoms with van der Waals surface area (Å²) in [6.45, 7) is 3.36. The number of alkyl halides is 3. The van der Waals surface area contributed by atoms with Crippen LogP contribution in [0.2, 0.25) is 0 Å². The number of aliphatic imine (C=N–C) groups is 1. The minimum absolute atomic E-state index is 0.295. The molecular formula is C14H16F3N3O2S. The molecule has 0 saturated heterocycles. The van der Waals surface area contributed by atoms with Crippen molar-refractivity contribution in [2.24, 2.45) is 4.99 Å². The summed E-state index contributed by atoms with van der Waals surface area (Å²) in [5.41, 5.74) is -1.77. The molecule has 2 rings (SSSR count). The molecule has 2 unspecified atom stereocenters. The fourth-order valence-electron chi connectivity index (χ4n) is 1.72. The van der Waals surface area contributed by atoms with Gasteiger partial charge in [0.25, 0.3) is 0 Å². The smallest absolute Gasteiger partial charge is 0.427 e. The summed E-state index contributed by atoms with van der Waals surface area (Å²) in [7, 11) is 0. The van der Waals surface area contributed by atoms with E-state index in [-0.39, 0.29) is 6.04 Å². The molecule has 1 amide bonds. The first kappa shape index (κ1) is 17.6. The lowest BCUT2D eigenvalue weighted by Gasteiger charge is -2.28. The number of thioether (sulfide) groups is 1. The van der Waals surface area contributed by atoms with E-state index >= 15 is 0 Å². The van der Waals surface area contributed by atoms with Gasteiger partial charge in [-0.2, -0.15) is 13.2 Å². The Balaban J connectivity index is 1.96. The molecule has 0 radical (unpaired) electrons. The molecule has 0 saturated carbocycles. The number of amides is 1. The number of aromatic nitrogens is 1. The Bertz CT molecular complexity index is 605. The number of nitrogens with one attached hydrogen (secondary N) is 1. The molecule has 2 atom stereocenters. The number of carbonyl (C=O) groups is 1. The Kier molecular flexibility index (Phi) is 4.88. The third-order valence-corrected chi connectivity index (χ3v) is 4.53. The molecule has 23 heavy (non-hydrogen) atoms. The van der Waals surface area contributed by atoms with Crippen molar-refractivity contribution >= 4 is 22.9 Å². The zero-order valence-electron chi connectivity index (χ0n) is 12.7. The fraction of sp³-hybridized carbons (Fsp3) is 0.500. The van der Waals surface area contributed by atoms with Crippen LogP contribution in [0, 0.1) is 0 Å². The molecule has 1 aromatic rings. The summed E-state index contributed by atoms with van der Waals surface area (Å²) < 4.78 is 42.7. The fourth-order valence-corrected chi connectivity index (χ4v) is 2.86. The zero-order valence-corrected chi connectivity index (χ0v) is 13.5. The normalized spacial score (nSPS) is 21.7. The van der Waals surface area contributed by atoms with Gasteiger partial charge in [-0.25, -0.2) is 4.79 Å². The maximum atomic E-state index is 12.7. The van der Waals surface area contributed by atoms with Crippen LogP contribution in [0.15, 0.2) is 29.5 Å². The highest BCUT2D eigenvalue weighted by Crippen LogP contribution is 2.33. The quantitative estimate of drug-likeness (QED) is 0.911. The van der Waals surface area contributed by atoms with Gasteiger partial charge in [0.05, 0.1) is 6.04 Å². The number of ether oxygens (including phenoxy) is 1. The second kappa shape index (κ2) is 6.38. The van der Waals surface area contributed by atoms with Crippen molar-refractivity contribution in [1.29, 1.82) is 0 Å². The first-order valence-corrected chi connectivity index (χ1v) is 7.69. The van der Waals surface area contributed by atoms with Crippen LogP contribution in [0.25, 0.3) is 0 Å². The summed E-state index contributed by atoms with van der Waals surface area (Å²) in [5.74, 6) is 0. The lowest BCUT2D eigenvalue weighted by atomic mass is 10.1. The summed E-state index contributed by atoms with van der Waals surface area (Å²) in [6, 6.07) is 3.28. The minimum atomic E-state index is -4.64. The monoisotopic (exact) mass is 347 g/mol. The van der Waals surface area contributed by atoms with Crippen molar-refractivity contribution in [2.75, 3.05) is 0 Å². The SMILES string of the molecule is CC1N=C(c2cccnc2)SC1NC(=O)OC(C)(C)C(F)(F)F. The molecule has 0 aromatic carbocycles. The average Bonchev–Trinajstić information content (AvgIpc) is 2.79. The highest BCUT2D eigenvalue weighted by molar-refractivity contribution is 8.15. The van der Waals surface area contributed by atoms with E-state index < -0.39 is 23.2 Å². The number of rotatable bonds is 3. The highest BCUT2D eigenvalue weighted by Gasteiger charge is 2.51. The van der Waals surface area contributed by atoms with Gasteiger partial charge in [-0.15, -0.1) is 0 Å². The van der Waals surface area contributed by atoms with Crippen molar-refractivity contribution in [3.63, 3.8) is 0 Å². The molecule has 0 spiro atoms. The Hall–Kier alpha value is -1.77. The van der Waals surface area contributed by atoms with Crippen molar-refractivity contribution in [1.82, 2.24) is 10.3 Å². The average molecular weight is 347 g/mol. The molecule has 2 heterocycles. The molecule has 0 bridgehead atoms. The van der Waals surface area contributed by atoms with Gasteiger partial charge in [0.1, 0.15) is 10.4 Å². The predicted octanol–water partition coefficient (Wildman–Crippen LogP) is 3.36. The number of halogens is 3. The topological polar surface area (TPSA) is 63.6 Å². The van der Waals surface area contributed by atoms with Gasteiger partial charge in [-0.3, -0.25) is 9.98 Å². The molecule has 1 N–H and O–H groups in total. The van der Waals surface area contributed by atoms with Gasteiger partial charge in [0.15, 0.2) is 0 Å². The number of nitrogens with zero attached hydrogens (tertiary/aromatic N) is 2. The second-order valence-electron chi connectivity index (χ2n) is 5.50. The first-order valence-electron chi connectivity index (χ1n) is 6.81. The van der Waals surface area contributed by atoms with E-state index in [2.05, 4.69) is 20.0 Å².